The number of pyridine rings is 1. The van der Waals surface area contributed by atoms with Crippen molar-refractivity contribution in [3.63, 3.8) is 0 Å². The molecule has 4 heteroatoms. The van der Waals surface area contributed by atoms with Crippen LogP contribution in [0.15, 0.2) is 18.5 Å². The highest BCUT2D eigenvalue weighted by Crippen LogP contribution is 2.19. The number of aromatic nitrogens is 1. The van der Waals surface area contributed by atoms with Gasteiger partial charge in [-0.2, -0.15) is 0 Å². The van der Waals surface area contributed by atoms with Crippen LogP contribution in [-0.2, 0) is 0 Å². The largest absolute Gasteiger partial charge is 0.317 e. The Balaban J connectivity index is 2.00. The summed E-state index contributed by atoms with van der Waals surface area (Å²) in [6.07, 6.45) is 4.99. The Bertz CT molecular complexity index is 375. The monoisotopic (exact) mass is 222 g/mol. The van der Waals surface area contributed by atoms with E-state index in [0.29, 0.717) is 12.3 Å². The highest BCUT2D eigenvalue weighted by atomic mass is 19.1. The summed E-state index contributed by atoms with van der Waals surface area (Å²) in [6.45, 7) is 1.91. The molecule has 1 saturated heterocycles. The van der Waals surface area contributed by atoms with Crippen molar-refractivity contribution in [2.24, 2.45) is 5.92 Å². The highest BCUT2D eigenvalue weighted by Gasteiger charge is 2.19. The Labute approximate surface area is 94.1 Å². The van der Waals surface area contributed by atoms with Crippen LogP contribution in [0.5, 0.6) is 0 Å². The van der Waals surface area contributed by atoms with Gasteiger partial charge in [-0.25, -0.2) is 4.39 Å². The molecule has 0 saturated carbocycles. The number of piperidine rings is 1. The predicted molar refractivity (Wildman–Crippen MR) is 58.7 cm³/mol. The van der Waals surface area contributed by atoms with Crippen LogP contribution in [0.25, 0.3) is 0 Å². The van der Waals surface area contributed by atoms with Gasteiger partial charge in [0.05, 0.1) is 11.8 Å². The Morgan fingerprint density at radius 1 is 1.50 bits per heavy atom. The number of carbonyl (C=O) groups is 1. The fourth-order valence-electron chi connectivity index (χ4n) is 2.06. The molecule has 3 nitrogen and oxygen atoms in total. The average Bonchev–Trinajstić information content (AvgIpc) is 2.31. The van der Waals surface area contributed by atoms with Gasteiger partial charge in [0.25, 0.3) is 0 Å². The standard InChI is InChI=1S/C12H15FN2O/c13-11-8-15-6-3-10(11)12(16)7-9-1-4-14-5-2-9/h3,6,8-9,14H,1-2,4-5,7H2. The third-order valence-corrected chi connectivity index (χ3v) is 3.01. The highest BCUT2D eigenvalue weighted by molar-refractivity contribution is 5.96. The fraction of sp³-hybridized carbons (Fsp3) is 0.500. The summed E-state index contributed by atoms with van der Waals surface area (Å²) in [5.74, 6) is -0.227. The number of nitrogens with zero attached hydrogens (tertiary/aromatic N) is 1. The number of nitrogens with one attached hydrogen (secondary N) is 1. The number of Topliss-reactive ketones (excluding diaryl/α,β-unsaturated/α-hetero) is 1. The van der Waals surface area contributed by atoms with Gasteiger partial charge < -0.3 is 5.32 Å². The molecule has 0 aliphatic carbocycles. The molecule has 0 spiro atoms. The van der Waals surface area contributed by atoms with Crippen molar-refractivity contribution in [1.29, 1.82) is 0 Å². The van der Waals surface area contributed by atoms with Crippen molar-refractivity contribution in [2.75, 3.05) is 13.1 Å². The maximum Gasteiger partial charge on any atom is 0.166 e. The molecule has 2 heterocycles. The summed E-state index contributed by atoms with van der Waals surface area (Å²) in [5.41, 5.74) is 0.175. The summed E-state index contributed by atoms with van der Waals surface area (Å²) < 4.78 is 13.3. The van der Waals surface area contributed by atoms with Gasteiger partial charge in [-0.15, -0.1) is 0 Å². The molecular formula is C12H15FN2O. The second-order valence-electron chi connectivity index (χ2n) is 4.18. The molecule has 1 aromatic rings. The number of halogens is 1. The van der Waals surface area contributed by atoms with Crippen LogP contribution in [0.1, 0.15) is 29.6 Å². The fourth-order valence-corrected chi connectivity index (χ4v) is 2.06. The molecule has 86 valence electrons. The SMILES string of the molecule is O=C(CC1CCNCC1)c1ccncc1F. The average molecular weight is 222 g/mol. The molecule has 1 aliphatic heterocycles. The van der Waals surface area contributed by atoms with E-state index in [1.54, 1.807) is 0 Å². The first-order valence-corrected chi connectivity index (χ1v) is 5.61. The van der Waals surface area contributed by atoms with Gasteiger partial charge in [-0.3, -0.25) is 9.78 Å². The quantitative estimate of drug-likeness (QED) is 0.793. The van der Waals surface area contributed by atoms with Crippen molar-refractivity contribution in [1.82, 2.24) is 10.3 Å². The Kier molecular flexibility index (Phi) is 3.62. The minimum absolute atomic E-state index is 0.105. The van der Waals surface area contributed by atoms with E-state index in [1.807, 2.05) is 0 Å². The summed E-state index contributed by atoms with van der Waals surface area (Å²) in [6, 6.07) is 1.46. The number of rotatable bonds is 3. The summed E-state index contributed by atoms with van der Waals surface area (Å²) in [4.78, 5) is 15.5. The summed E-state index contributed by atoms with van der Waals surface area (Å²) >= 11 is 0. The maximum atomic E-state index is 13.3. The zero-order valence-electron chi connectivity index (χ0n) is 9.08. The van der Waals surface area contributed by atoms with Gasteiger partial charge in [-0.05, 0) is 37.9 Å². The topological polar surface area (TPSA) is 42.0 Å². The molecule has 1 aliphatic rings. The van der Waals surface area contributed by atoms with Crippen molar-refractivity contribution >= 4 is 5.78 Å². The molecule has 0 amide bonds. The smallest absolute Gasteiger partial charge is 0.166 e. The van der Waals surface area contributed by atoms with E-state index in [1.165, 1.54) is 12.3 Å². The number of ketones is 1. The number of hydrogen-bond acceptors (Lipinski definition) is 3. The van der Waals surface area contributed by atoms with Crippen molar-refractivity contribution < 1.29 is 9.18 Å². The number of carbonyl (C=O) groups excluding carboxylic acids is 1. The van der Waals surface area contributed by atoms with Gasteiger partial charge in [-0.1, -0.05) is 0 Å². The molecule has 0 aromatic carbocycles. The van der Waals surface area contributed by atoms with E-state index in [0.717, 1.165) is 32.1 Å². The Morgan fingerprint density at radius 3 is 2.94 bits per heavy atom. The van der Waals surface area contributed by atoms with Gasteiger partial charge in [0.2, 0.25) is 0 Å². The van der Waals surface area contributed by atoms with E-state index in [9.17, 15) is 9.18 Å². The van der Waals surface area contributed by atoms with Gasteiger partial charge in [0.15, 0.2) is 11.6 Å². The van der Waals surface area contributed by atoms with E-state index in [4.69, 9.17) is 0 Å². The normalized spacial score (nSPS) is 17.3. The third kappa shape index (κ3) is 2.64. The lowest BCUT2D eigenvalue weighted by atomic mass is 9.91. The second kappa shape index (κ2) is 5.16. The second-order valence-corrected chi connectivity index (χ2v) is 4.18. The Hall–Kier alpha value is -1.29. The molecule has 1 aromatic heterocycles. The predicted octanol–water partition coefficient (Wildman–Crippen LogP) is 1.79. The van der Waals surface area contributed by atoms with Crippen LogP contribution in [0.2, 0.25) is 0 Å². The molecule has 0 atom stereocenters. The van der Waals surface area contributed by atoms with Crippen LogP contribution >= 0.6 is 0 Å². The maximum absolute atomic E-state index is 13.3. The molecule has 2 rings (SSSR count). The molecule has 1 N–H and O–H groups in total. The van der Waals surface area contributed by atoms with Gasteiger partial charge in [0, 0.05) is 12.6 Å². The lowest BCUT2D eigenvalue weighted by Crippen LogP contribution is -2.29. The minimum atomic E-state index is -0.513. The van der Waals surface area contributed by atoms with Crippen molar-refractivity contribution in [2.45, 2.75) is 19.3 Å². The van der Waals surface area contributed by atoms with E-state index in [2.05, 4.69) is 10.3 Å². The van der Waals surface area contributed by atoms with Gasteiger partial charge >= 0.3 is 0 Å². The summed E-state index contributed by atoms with van der Waals surface area (Å²) in [7, 11) is 0. The first-order chi connectivity index (χ1) is 7.77. The van der Waals surface area contributed by atoms with Crippen LogP contribution in [0.3, 0.4) is 0 Å². The first kappa shape index (κ1) is 11.2. The molecule has 16 heavy (non-hydrogen) atoms. The molecule has 0 radical (unpaired) electrons. The third-order valence-electron chi connectivity index (χ3n) is 3.01. The lowest BCUT2D eigenvalue weighted by Gasteiger charge is -2.21. The van der Waals surface area contributed by atoms with Crippen LogP contribution < -0.4 is 5.32 Å². The molecule has 0 bridgehead atoms. The van der Waals surface area contributed by atoms with Crippen LogP contribution in [0.4, 0.5) is 4.39 Å². The number of hydrogen-bond donors (Lipinski definition) is 1. The molecular weight excluding hydrogens is 207 g/mol. The Morgan fingerprint density at radius 2 is 2.25 bits per heavy atom. The molecule has 0 unspecified atom stereocenters. The first-order valence-electron chi connectivity index (χ1n) is 5.61. The van der Waals surface area contributed by atoms with Crippen molar-refractivity contribution in [3.8, 4) is 0 Å². The van der Waals surface area contributed by atoms with Crippen molar-refractivity contribution in [3.05, 3.63) is 29.8 Å². The van der Waals surface area contributed by atoms with Crippen LogP contribution in [-0.4, -0.2) is 23.9 Å². The summed E-state index contributed by atoms with van der Waals surface area (Å²) in [5, 5.41) is 3.24. The zero-order chi connectivity index (χ0) is 11.4. The minimum Gasteiger partial charge on any atom is -0.317 e. The molecule has 1 fully saturated rings. The van der Waals surface area contributed by atoms with E-state index < -0.39 is 5.82 Å². The zero-order valence-corrected chi connectivity index (χ0v) is 9.08. The van der Waals surface area contributed by atoms with E-state index in [-0.39, 0.29) is 11.3 Å². The van der Waals surface area contributed by atoms with E-state index >= 15 is 0 Å². The van der Waals surface area contributed by atoms with Crippen LogP contribution in [0, 0.1) is 11.7 Å². The van der Waals surface area contributed by atoms with Gasteiger partial charge in [0.1, 0.15) is 0 Å². The lowest BCUT2D eigenvalue weighted by molar-refractivity contribution is 0.0948.